The lowest BCUT2D eigenvalue weighted by Gasteiger charge is -2.48. The maximum absolute atomic E-state index is 13.9. The molecule has 4 bridgehead atoms. The summed E-state index contributed by atoms with van der Waals surface area (Å²) in [5.41, 5.74) is 0.399. The van der Waals surface area contributed by atoms with Crippen molar-refractivity contribution in [1.29, 1.82) is 0 Å². The summed E-state index contributed by atoms with van der Waals surface area (Å²) >= 11 is 0. The number of aromatic nitrogens is 2. The lowest BCUT2D eigenvalue weighted by Crippen LogP contribution is -2.52. The Morgan fingerprint density at radius 2 is 1.65 bits per heavy atom. The summed E-state index contributed by atoms with van der Waals surface area (Å²) in [5.74, 6) is 0.929. The van der Waals surface area contributed by atoms with E-state index in [1.54, 1.807) is 6.92 Å². The first-order valence-electron chi connectivity index (χ1n) is 14.3. The van der Waals surface area contributed by atoms with Crippen molar-refractivity contribution in [2.24, 2.45) is 17.0 Å². The predicted molar refractivity (Wildman–Crippen MR) is 141 cm³/mol. The normalized spacial score (nSPS) is 32.3. The Morgan fingerprint density at radius 1 is 0.973 bits per heavy atom. The smallest absolute Gasteiger partial charge is 0.362 e. The van der Waals surface area contributed by atoms with E-state index in [2.05, 4.69) is 15.0 Å². The molecular weight excluding hydrogens is 468 g/mol. The van der Waals surface area contributed by atoms with E-state index in [1.165, 1.54) is 57.8 Å². The molecule has 3 unspecified atom stereocenters. The second-order valence-corrected chi connectivity index (χ2v) is 11.6. The van der Waals surface area contributed by atoms with E-state index in [9.17, 15) is 14.8 Å². The second kappa shape index (κ2) is 10.2. The first-order valence-corrected chi connectivity index (χ1v) is 14.3. The minimum Gasteiger partial charge on any atom is -0.461 e. The number of hydrogen-bond donors (Lipinski definition) is 1. The number of carbonyl (C=O) groups excluding carboxylic acids is 1. The van der Waals surface area contributed by atoms with Gasteiger partial charge in [0, 0.05) is 24.2 Å². The second-order valence-electron chi connectivity index (χ2n) is 11.6. The van der Waals surface area contributed by atoms with Crippen molar-refractivity contribution in [2.75, 3.05) is 6.61 Å². The van der Waals surface area contributed by atoms with Crippen molar-refractivity contribution in [2.45, 2.75) is 102 Å². The van der Waals surface area contributed by atoms with Crippen LogP contribution in [0.15, 0.2) is 34.2 Å². The fourth-order valence-electron chi connectivity index (χ4n) is 8.16. The maximum Gasteiger partial charge on any atom is 0.362 e. The Morgan fingerprint density at radius 3 is 2.30 bits per heavy atom. The first kappa shape index (κ1) is 24.6. The molecule has 8 nitrogen and oxygen atoms in total. The van der Waals surface area contributed by atoms with Crippen molar-refractivity contribution >= 4 is 22.7 Å². The van der Waals surface area contributed by atoms with Crippen molar-refractivity contribution in [3.05, 3.63) is 40.3 Å². The van der Waals surface area contributed by atoms with Crippen LogP contribution in [0.2, 0.25) is 0 Å². The van der Waals surface area contributed by atoms with Crippen molar-refractivity contribution in [1.82, 2.24) is 14.5 Å². The highest BCUT2D eigenvalue weighted by molar-refractivity contribution is 6.42. The number of nitrogens with zero attached hydrogens (tertiary/aromatic N) is 4. The predicted octanol–water partition coefficient (Wildman–Crippen LogP) is 4.66. The highest BCUT2D eigenvalue weighted by Crippen LogP contribution is 2.47. The van der Waals surface area contributed by atoms with Crippen LogP contribution in [0, 0.1) is 11.8 Å². The number of piperidine rings is 1. The number of esters is 1. The lowest BCUT2D eigenvalue weighted by molar-refractivity contribution is -0.135. The van der Waals surface area contributed by atoms with Gasteiger partial charge in [-0.3, -0.25) is 9.69 Å². The summed E-state index contributed by atoms with van der Waals surface area (Å²) in [6, 6.07) is 9.19. The van der Waals surface area contributed by atoms with Gasteiger partial charge in [0.2, 0.25) is 5.71 Å². The molecule has 0 amide bonds. The quantitative estimate of drug-likeness (QED) is 0.274. The van der Waals surface area contributed by atoms with Gasteiger partial charge in [0.25, 0.3) is 5.56 Å². The molecule has 2 saturated carbocycles. The van der Waals surface area contributed by atoms with Crippen LogP contribution < -0.4 is 5.56 Å². The largest absolute Gasteiger partial charge is 0.461 e. The minimum atomic E-state index is -0.843. The zero-order valence-corrected chi connectivity index (χ0v) is 21.7. The van der Waals surface area contributed by atoms with Crippen LogP contribution in [-0.2, 0) is 9.53 Å². The Labute approximate surface area is 217 Å². The molecular formula is C29H38N4O4. The van der Waals surface area contributed by atoms with Crippen LogP contribution in [-0.4, -0.2) is 56.1 Å². The molecule has 1 aromatic heterocycles. The molecule has 4 fully saturated rings. The van der Waals surface area contributed by atoms with Gasteiger partial charge in [-0.05, 0) is 75.8 Å². The third-order valence-electron chi connectivity index (χ3n) is 9.49. The molecule has 0 spiro atoms. The summed E-state index contributed by atoms with van der Waals surface area (Å²) in [6.07, 6.45) is 13.9. The highest BCUT2D eigenvalue weighted by atomic mass is 16.5. The van der Waals surface area contributed by atoms with Crippen LogP contribution >= 0.6 is 0 Å². The standard InChI is InChI=1S/C29H38N4O4/c1-2-37-29(35)27(31-36)26-28(34)33(25-10-6-5-9-24(25)30-26)23-16-20-11-12-21(17-23)32(20)22-14-18-7-3-4-8-19(13-18)15-22/h5-6,9-10,18-23,36H,2-4,7-8,11-17H2,1H3/b31-27-/t18?,19?,20-,21?,22?,23+/m1/s1. The van der Waals surface area contributed by atoms with E-state index in [0.717, 1.165) is 30.2 Å². The highest BCUT2D eigenvalue weighted by Gasteiger charge is 2.47. The molecule has 8 heteroatoms. The summed E-state index contributed by atoms with van der Waals surface area (Å²) in [6.45, 7) is 1.79. The number of fused-ring (bicyclic) bond motifs is 5. The molecule has 3 heterocycles. The molecule has 2 saturated heterocycles. The zero-order valence-electron chi connectivity index (χ0n) is 21.7. The fourth-order valence-corrected chi connectivity index (χ4v) is 8.16. The number of ether oxygens (including phenoxy) is 1. The molecule has 0 radical (unpaired) electrons. The minimum absolute atomic E-state index is 0.0147. The molecule has 2 aliphatic heterocycles. The third-order valence-corrected chi connectivity index (χ3v) is 9.49. The van der Waals surface area contributed by atoms with Crippen molar-refractivity contribution in [3.63, 3.8) is 0 Å². The summed E-state index contributed by atoms with van der Waals surface area (Å²) < 4.78 is 6.87. The van der Waals surface area contributed by atoms with Crippen LogP contribution in [0.3, 0.4) is 0 Å². The van der Waals surface area contributed by atoms with E-state index < -0.39 is 11.7 Å². The zero-order chi connectivity index (χ0) is 25.5. The molecule has 1 N–H and O–H groups in total. The van der Waals surface area contributed by atoms with Gasteiger partial charge in [-0.15, -0.1) is 0 Å². The molecule has 4 aliphatic rings. The SMILES string of the molecule is CCOC(=O)/C(=N\O)c1nc2ccccc2n([C@@H]2CC3CC[C@H](C2)N3C2CC3CCCCC(C3)C2)c1=O. The van der Waals surface area contributed by atoms with Gasteiger partial charge in [0.15, 0.2) is 5.69 Å². The number of hydrogen-bond acceptors (Lipinski definition) is 7. The van der Waals surface area contributed by atoms with E-state index >= 15 is 0 Å². The molecule has 1 aromatic carbocycles. The Kier molecular flexibility index (Phi) is 6.78. The van der Waals surface area contributed by atoms with Gasteiger partial charge in [-0.25, -0.2) is 9.78 Å². The molecule has 37 heavy (non-hydrogen) atoms. The van der Waals surface area contributed by atoms with Gasteiger partial charge in [0.05, 0.1) is 17.6 Å². The monoisotopic (exact) mass is 506 g/mol. The molecule has 6 rings (SSSR count). The van der Waals surface area contributed by atoms with Crippen LogP contribution in [0.1, 0.15) is 89.3 Å². The fraction of sp³-hybridized carbons (Fsp3) is 0.655. The van der Waals surface area contributed by atoms with Gasteiger partial charge < -0.3 is 14.5 Å². The summed E-state index contributed by atoms with van der Waals surface area (Å²) in [7, 11) is 0. The van der Waals surface area contributed by atoms with E-state index in [1.807, 2.05) is 28.8 Å². The van der Waals surface area contributed by atoms with E-state index in [-0.39, 0.29) is 23.9 Å². The number of rotatable bonds is 5. The lowest BCUT2D eigenvalue weighted by atomic mass is 9.76. The molecule has 198 valence electrons. The van der Waals surface area contributed by atoms with Gasteiger partial charge in [0.1, 0.15) is 0 Å². The van der Waals surface area contributed by atoms with Crippen LogP contribution in [0.4, 0.5) is 0 Å². The topological polar surface area (TPSA) is 97.0 Å². The average molecular weight is 507 g/mol. The van der Waals surface area contributed by atoms with Gasteiger partial charge >= 0.3 is 5.97 Å². The van der Waals surface area contributed by atoms with Gasteiger partial charge in [-0.1, -0.05) is 43.0 Å². The van der Waals surface area contributed by atoms with Crippen LogP contribution in [0.5, 0.6) is 0 Å². The van der Waals surface area contributed by atoms with E-state index in [0.29, 0.717) is 23.6 Å². The van der Waals surface area contributed by atoms with Crippen LogP contribution in [0.25, 0.3) is 11.0 Å². The van der Waals surface area contributed by atoms with Crippen molar-refractivity contribution < 1.29 is 14.7 Å². The number of benzene rings is 1. The van der Waals surface area contributed by atoms with Gasteiger partial charge in [-0.2, -0.15) is 0 Å². The molecule has 5 atom stereocenters. The average Bonchev–Trinajstić information content (AvgIpc) is 3.05. The third kappa shape index (κ3) is 4.47. The Balaban J connectivity index is 1.33. The number of oxime groups is 1. The number of para-hydroxylation sites is 2. The Hall–Kier alpha value is -2.74. The maximum atomic E-state index is 13.9. The van der Waals surface area contributed by atoms with E-state index in [4.69, 9.17) is 4.74 Å². The molecule has 2 aromatic rings. The Bertz CT molecular complexity index is 1230. The van der Waals surface area contributed by atoms with Crippen molar-refractivity contribution in [3.8, 4) is 0 Å². The summed E-state index contributed by atoms with van der Waals surface area (Å²) in [5, 5.41) is 12.8. The summed E-state index contributed by atoms with van der Waals surface area (Å²) in [4.78, 5) is 33.7. The number of carbonyl (C=O) groups is 1. The first-order chi connectivity index (χ1) is 18.1. The molecule has 2 aliphatic carbocycles.